The number of hydrogen-bond donors (Lipinski definition) is 1. The van der Waals surface area contributed by atoms with Gasteiger partial charge in [0.25, 0.3) is 5.91 Å². The first-order valence-corrected chi connectivity index (χ1v) is 6.48. The quantitative estimate of drug-likeness (QED) is 0.592. The molecule has 0 saturated heterocycles. The maximum atomic E-state index is 12.1. The molecule has 2 aromatic heterocycles. The van der Waals surface area contributed by atoms with Crippen molar-refractivity contribution < 1.29 is 9.21 Å². The Morgan fingerprint density at radius 2 is 2.00 bits per heavy atom. The van der Waals surface area contributed by atoms with E-state index in [1.54, 1.807) is 31.4 Å². The minimum atomic E-state index is -0.355. The van der Waals surface area contributed by atoms with Gasteiger partial charge in [0.05, 0.1) is 11.8 Å². The molecule has 0 aliphatic rings. The zero-order valence-electron chi connectivity index (χ0n) is 11.4. The van der Waals surface area contributed by atoms with Gasteiger partial charge in [-0.2, -0.15) is 5.10 Å². The number of para-hydroxylation sites is 1. The molecule has 1 amide bonds. The Morgan fingerprint density at radius 1 is 1.14 bits per heavy atom. The van der Waals surface area contributed by atoms with E-state index in [0.29, 0.717) is 17.2 Å². The van der Waals surface area contributed by atoms with E-state index in [4.69, 9.17) is 4.42 Å². The summed E-state index contributed by atoms with van der Waals surface area (Å²) in [6, 6.07) is 14.7. The molecular weight excluding hydrogens is 266 g/mol. The fourth-order valence-corrected chi connectivity index (χ4v) is 1.92. The number of fused-ring (bicyclic) bond motifs is 1. The Labute approximate surface area is 121 Å². The molecule has 0 atom stereocenters. The van der Waals surface area contributed by atoms with Gasteiger partial charge in [-0.15, -0.1) is 0 Å². The molecule has 21 heavy (non-hydrogen) atoms. The number of benzene rings is 1. The summed E-state index contributed by atoms with van der Waals surface area (Å²) in [6.45, 7) is 1.76. The zero-order valence-corrected chi connectivity index (χ0v) is 11.4. The van der Waals surface area contributed by atoms with Crippen molar-refractivity contribution in [2.24, 2.45) is 5.10 Å². The topological polar surface area (TPSA) is 67.5 Å². The molecular formula is C16H13N3O2. The molecule has 0 bridgehead atoms. The number of carbonyl (C=O) groups is 1. The van der Waals surface area contributed by atoms with Crippen LogP contribution in [0.5, 0.6) is 0 Å². The maximum Gasteiger partial charge on any atom is 0.289 e. The Bertz CT molecular complexity index is 807. The van der Waals surface area contributed by atoms with E-state index in [-0.39, 0.29) is 5.91 Å². The van der Waals surface area contributed by atoms with Crippen LogP contribution in [-0.4, -0.2) is 16.6 Å². The molecule has 1 aromatic carbocycles. The first-order chi connectivity index (χ1) is 10.2. The van der Waals surface area contributed by atoms with Crippen LogP contribution >= 0.6 is 0 Å². The van der Waals surface area contributed by atoms with Crippen LogP contribution in [0, 0.1) is 0 Å². The van der Waals surface area contributed by atoms with Gasteiger partial charge in [0, 0.05) is 5.39 Å². The normalized spacial score (nSPS) is 11.6. The average molecular weight is 279 g/mol. The number of furan rings is 1. The molecule has 3 aromatic rings. The number of pyridine rings is 1. The Morgan fingerprint density at radius 3 is 2.81 bits per heavy atom. The molecule has 0 spiro atoms. The highest BCUT2D eigenvalue weighted by atomic mass is 16.3. The Balaban J connectivity index is 1.79. The summed E-state index contributed by atoms with van der Waals surface area (Å²) in [4.78, 5) is 16.4. The van der Waals surface area contributed by atoms with Crippen molar-refractivity contribution in [2.45, 2.75) is 6.92 Å². The second-order valence-corrected chi connectivity index (χ2v) is 4.50. The number of hydrogen-bond acceptors (Lipinski definition) is 4. The highest BCUT2D eigenvalue weighted by Gasteiger charge is 2.08. The number of nitrogens with one attached hydrogen (secondary N) is 1. The standard InChI is InChI=1S/C16H13N3O2/c1-11(15-7-4-10-21-15)18-19-16(20)14-9-8-12-5-2-3-6-13(12)17-14/h2-10H,1H3,(H,19,20)/b18-11+. The van der Waals surface area contributed by atoms with Crippen molar-refractivity contribution in [1.29, 1.82) is 0 Å². The van der Waals surface area contributed by atoms with Crippen LogP contribution in [0.25, 0.3) is 10.9 Å². The first-order valence-electron chi connectivity index (χ1n) is 6.48. The largest absolute Gasteiger partial charge is 0.463 e. The number of amides is 1. The highest BCUT2D eigenvalue weighted by Crippen LogP contribution is 2.11. The highest BCUT2D eigenvalue weighted by molar-refractivity contribution is 5.99. The second-order valence-electron chi connectivity index (χ2n) is 4.50. The lowest BCUT2D eigenvalue weighted by molar-refractivity contribution is 0.0950. The van der Waals surface area contributed by atoms with Gasteiger partial charge in [0.1, 0.15) is 17.2 Å². The number of rotatable bonds is 3. The fourth-order valence-electron chi connectivity index (χ4n) is 1.92. The van der Waals surface area contributed by atoms with E-state index in [0.717, 1.165) is 10.9 Å². The monoisotopic (exact) mass is 279 g/mol. The summed E-state index contributed by atoms with van der Waals surface area (Å²) in [7, 11) is 0. The Kier molecular flexibility index (Phi) is 3.47. The SMILES string of the molecule is C/C(=N\NC(=O)c1ccc2ccccc2n1)c1ccco1. The van der Waals surface area contributed by atoms with Crippen molar-refractivity contribution in [3.05, 3.63) is 66.2 Å². The molecule has 1 N–H and O–H groups in total. The summed E-state index contributed by atoms with van der Waals surface area (Å²) >= 11 is 0. The molecule has 0 radical (unpaired) electrons. The summed E-state index contributed by atoms with van der Waals surface area (Å²) in [6.07, 6.45) is 1.56. The minimum absolute atomic E-state index is 0.324. The lowest BCUT2D eigenvalue weighted by Crippen LogP contribution is -2.20. The summed E-state index contributed by atoms with van der Waals surface area (Å²) in [5, 5.41) is 5.00. The molecule has 0 fully saturated rings. The number of hydrazone groups is 1. The van der Waals surface area contributed by atoms with Crippen LogP contribution in [0.15, 0.2) is 64.3 Å². The summed E-state index contributed by atoms with van der Waals surface area (Å²) < 4.78 is 5.19. The minimum Gasteiger partial charge on any atom is -0.463 e. The molecule has 2 heterocycles. The van der Waals surface area contributed by atoms with Gasteiger partial charge in [-0.1, -0.05) is 24.3 Å². The van der Waals surface area contributed by atoms with E-state index in [1.807, 2.05) is 30.3 Å². The molecule has 0 unspecified atom stereocenters. The van der Waals surface area contributed by atoms with Crippen molar-refractivity contribution >= 4 is 22.5 Å². The van der Waals surface area contributed by atoms with Crippen molar-refractivity contribution in [2.75, 3.05) is 0 Å². The van der Waals surface area contributed by atoms with Crippen LogP contribution in [-0.2, 0) is 0 Å². The third-order valence-corrected chi connectivity index (χ3v) is 3.03. The van der Waals surface area contributed by atoms with Gasteiger partial charge in [-0.3, -0.25) is 4.79 Å². The van der Waals surface area contributed by atoms with Crippen molar-refractivity contribution in [3.8, 4) is 0 Å². The third kappa shape index (κ3) is 2.81. The lowest BCUT2D eigenvalue weighted by atomic mass is 10.2. The van der Waals surface area contributed by atoms with E-state index in [1.165, 1.54) is 0 Å². The number of aromatic nitrogens is 1. The van der Waals surface area contributed by atoms with Crippen LogP contribution in [0.4, 0.5) is 0 Å². The van der Waals surface area contributed by atoms with E-state index in [2.05, 4.69) is 15.5 Å². The smallest absolute Gasteiger partial charge is 0.289 e. The van der Waals surface area contributed by atoms with E-state index >= 15 is 0 Å². The molecule has 104 valence electrons. The predicted molar refractivity (Wildman–Crippen MR) is 80.1 cm³/mol. The van der Waals surface area contributed by atoms with Crippen LogP contribution in [0.2, 0.25) is 0 Å². The zero-order chi connectivity index (χ0) is 14.7. The Hall–Kier alpha value is -2.95. The second kappa shape index (κ2) is 5.58. The summed E-state index contributed by atoms with van der Waals surface area (Å²) in [5.74, 6) is 0.258. The number of nitrogens with zero attached hydrogens (tertiary/aromatic N) is 2. The molecule has 0 aliphatic carbocycles. The fraction of sp³-hybridized carbons (Fsp3) is 0.0625. The van der Waals surface area contributed by atoms with Crippen LogP contribution in [0.1, 0.15) is 23.2 Å². The van der Waals surface area contributed by atoms with Gasteiger partial charge in [-0.05, 0) is 31.2 Å². The molecule has 5 nitrogen and oxygen atoms in total. The van der Waals surface area contributed by atoms with Crippen molar-refractivity contribution in [3.63, 3.8) is 0 Å². The van der Waals surface area contributed by atoms with Gasteiger partial charge in [0.15, 0.2) is 0 Å². The van der Waals surface area contributed by atoms with Gasteiger partial charge in [-0.25, -0.2) is 10.4 Å². The van der Waals surface area contributed by atoms with Gasteiger partial charge < -0.3 is 4.42 Å². The first kappa shape index (κ1) is 13.1. The van der Waals surface area contributed by atoms with Gasteiger partial charge in [0.2, 0.25) is 0 Å². The van der Waals surface area contributed by atoms with E-state index in [9.17, 15) is 4.79 Å². The van der Waals surface area contributed by atoms with Crippen LogP contribution in [0.3, 0.4) is 0 Å². The molecule has 3 rings (SSSR count). The molecule has 0 saturated carbocycles. The summed E-state index contributed by atoms with van der Waals surface area (Å²) in [5.41, 5.74) is 4.17. The average Bonchev–Trinajstić information content (AvgIpc) is 3.06. The maximum absolute atomic E-state index is 12.1. The van der Waals surface area contributed by atoms with E-state index < -0.39 is 0 Å². The lowest BCUT2D eigenvalue weighted by Gasteiger charge is -2.02. The van der Waals surface area contributed by atoms with Gasteiger partial charge >= 0.3 is 0 Å². The molecule has 0 aliphatic heterocycles. The number of carbonyl (C=O) groups excluding carboxylic acids is 1. The predicted octanol–water partition coefficient (Wildman–Crippen LogP) is 2.98. The van der Waals surface area contributed by atoms with Crippen molar-refractivity contribution in [1.82, 2.24) is 10.4 Å². The van der Waals surface area contributed by atoms with Crippen LogP contribution < -0.4 is 5.43 Å². The molecule has 5 heteroatoms. The third-order valence-electron chi connectivity index (χ3n) is 3.03.